The highest BCUT2D eigenvalue weighted by atomic mass is 16.2. The van der Waals surface area contributed by atoms with Crippen molar-refractivity contribution in [3.8, 4) is 0 Å². The largest absolute Gasteiger partial charge is 0.354 e. The standard InChI is InChI=1S/C21H29N5O3/c27-19(18-4-1-9-22-18)24-13-15-3-2-11-25(14-15)20(28)16-5-7-17(8-6-16)26-12-10-23-21(26)29/h5-8,15,18,22H,1-4,9-14H2,(H,23,29)(H,24,27). The number of hydrogen-bond acceptors (Lipinski definition) is 4. The van der Waals surface area contributed by atoms with Crippen LogP contribution >= 0.6 is 0 Å². The van der Waals surface area contributed by atoms with Crippen molar-refractivity contribution < 1.29 is 14.4 Å². The molecule has 3 N–H and O–H groups in total. The number of benzene rings is 1. The summed E-state index contributed by atoms with van der Waals surface area (Å²) in [6, 6.07) is 7.08. The summed E-state index contributed by atoms with van der Waals surface area (Å²) in [5.41, 5.74) is 1.43. The third-order valence-corrected chi connectivity index (χ3v) is 6.03. The minimum Gasteiger partial charge on any atom is -0.354 e. The van der Waals surface area contributed by atoms with Crippen LogP contribution in [0.25, 0.3) is 0 Å². The molecule has 29 heavy (non-hydrogen) atoms. The fourth-order valence-corrected chi connectivity index (χ4v) is 4.38. The van der Waals surface area contributed by atoms with Crippen LogP contribution in [0.3, 0.4) is 0 Å². The Morgan fingerprint density at radius 2 is 1.90 bits per heavy atom. The third-order valence-electron chi connectivity index (χ3n) is 6.03. The van der Waals surface area contributed by atoms with Gasteiger partial charge in [-0.25, -0.2) is 4.79 Å². The lowest BCUT2D eigenvalue weighted by molar-refractivity contribution is -0.123. The molecule has 8 nitrogen and oxygen atoms in total. The number of piperidine rings is 1. The molecule has 0 aliphatic carbocycles. The zero-order valence-electron chi connectivity index (χ0n) is 16.7. The number of urea groups is 1. The molecule has 1 aromatic carbocycles. The Balaban J connectivity index is 1.31. The molecule has 0 bridgehead atoms. The van der Waals surface area contributed by atoms with Gasteiger partial charge >= 0.3 is 6.03 Å². The van der Waals surface area contributed by atoms with Gasteiger partial charge < -0.3 is 20.9 Å². The maximum absolute atomic E-state index is 12.9. The average molecular weight is 399 g/mol. The summed E-state index contributed by atoms with van der Waals surface area (Å²) in [6.07, 6.45) is 3.91. The van der Waals surface area contributed by atoms with Crippen LogP contribution in [0.15, 0.2) is 24.3 Å². The summed E-state index contributed by atoms with van der Waals surface area (Å²) in [5.74, 6) is 0.369. The van der Waals surface area contributed by atoms with E-state index in [1.807, 2.05) is 17.0 Å². The summed E-state index contributed by atoms with van der Waals surface area (Å²) < 4.78 is 0. The van der Waals surface area contributed by atoms with Gasteiger partial charge in [-0.2, -0.15) is 0 Å². The predicted molar refractivity (Wildman–Crippen MR) is 110 cm³/mol. The van der Waals surface area contributed by atoms with Crippen LogP contribution in [-0.4, -0.2) is 68.1 Å². The summed E-state index contributed by atoms with van der Waals surface area (Å²) >= 11 is 0. The van der Waals surface area contributed by atoms with Gasteiger partial charge in [0.05, 0.1) is 6.04 Å². The Morgan fingerprint density at radius 3 is 2.59 bits per heavy atom. The Morgan fingerprint density at radius 1 is 1.07 bits per heavy atom. The number of anilines is 1. The third kappa shape index (κ3) is 4.53. The van der Waals surface area contributed by atoms with Crippen LogP contribution in [0.4, 0.5) is 10.5 Å². The molecule has 8 heteroatoms. The van der Waals surface area contributed by atoms with E-state index in [2.05, 4.69) is 16.0 Å². The number of carbonyl (C=O) groups is 3. The molecule has 3 heterocycles. The van der Waals surface area contributed by atoms with E-state index < -0.39 is 0 Å². The quantitative estimate of drug-likeness (QED) is 0.687. The van der Waals surface area contributed by atoms with Crippen molar-refractivity contribution in [2.24, 2.45) is 5.92 Å². The molecular weight excluding hydrogens is 370 g/mol. The van der Waals surface area contributed by atoms with E-state index in [0.717, 1.165) is 44.5 Å². The predicted octanol–water partition coefficient (Wildman–Crippen LogP) is 0.937. The SMILES string of the molecule is O=C(NCC1CCCN(C(=O)c2ccc(N3CCNC3=O)cc2)C1)C1CCCN1. The number of rotatable bonds is 5. The summed E-state index contributed by atoms with van der Waals surface area (Å²) in [4.78, 5) is 40.5. The molecule has 2 atom stereocenters. The van der Waals surface area contributed by atoms with E-state index in [1.165, 1.54) is 0 Å². The lowest BCUT2D eigenvalue weighted by atomic mass is 9.97. The number of amides is 4. The topological polar surface area (TPSA) is 93.8 Å². The van der Waals surface area contributed by atoms with E-state index in [4.69, 9.17) is 0 Å². The Hall–Kier alpha value is -2.61. The molecular formula is C21H29N5O3. The normalized spacial score (nSPS) is 24.5. The maximum atomic E-state index is 12.9. The fraction of sp³-hybridized carbons (Fsp3) is 0.571. The van der Waals surface area contributed by atoms with E-state index in [1.54, 1.807) is 17.0 Å². The molecule has 3 aliphatic heterocycles. The Kier molecular flexibility index (Phi) is 5.99. The van der Waals surface area contributed by atoms with Crippen LogP contribution < -0.4 is 20.9 Å². The van der Waals surface area contributed by atoms with E-state index in [-0.39, 0.29) is 29.8 Å². The van der Waals surface area contributed by atoms with Gasteiger partial charge in [0.1, 0.15) is 0 Å². The van der Waals surface area contributed by atoms with Crippen LogP contribution in [0, 0.1) is 5.92 Å². The van der Waals surface area contributed by atoms with E-state index in [9.17, 15) is 14.4 Å². The zero-order valence-corrected chi connectivity index (χ0v) is 16.7. The van der Waals surface area contributed by atoms with Gasteiger partial charge in [0.15, 0.2) is 0 Å². The van der Waals surface area contributed by atoms with Gasteiger partial charge in [-0.1, -0.05) is 0 Å². The lowest BCUT2D eigenvalue weighted by Gasteiger charge is -2.33. The zero-order chi connectivity index (χ0) is 20.2. The minimum absolute atomic E-state index is 0.0101. The molecule has 156 valence electrons. The Labute approximate surface area is 171 Å². The van der Waals surface area contributed by atoms with Crippen molar-refractivity contribution in [3.05, 3.63) is 29.8 Å². The van der Waals surface area contributed by atoms with Crippen molar-refractivity contribution in [2.75, 3.05) is 44.2 Å². The van der Waals surface area contributed by atoms with Crippen LogP contribution in [0.2, 0.25) is 0 Å². The van der Waals surface area contributed by atoms with Gasteiger partial charge in [-0.05, 0) is 62.4 Å². The highest BCUT2D eigenvalue weighted by Crippen LogP contribution is 2.21. The number of carbonyl (C=O) groups excluding carboxylic acids is 3. The van der Waals surface area contributed by atoms with Gasteiger partial charge in [0, 0.05) is 44.0 Å². The first-order valence-corrected chi connectivity index (χ1v) is 10.6. The Bertz CT molecular complexity index is 760. The second kappa shape index (κ2) is 8.82. The summed E-state index contributed by atoms with van der Waals surface area (Å²) in [5, 5.41) is 9.05. The first-order valence-electron chi connectivity index (χ1n) is 10.6. The van der Waals surface area contributed by atoms with Gasteiger partial charge in [0.25, 0.3) is 5.91 Å². The second-order valence-corrected chi connectivity index (χ2v) is 8.08. The van der Waals surface area contributed by atoms with Crippen molar-refractivity contribution in [1.29, 1.82) is 0 Å². The number of nitrogens with zero attached hydrogens (tertiary/aromatic N) is 2. The number of hydrogen-bond donors (Lipinski definition) is 3. The molecule has 3 saturated heterocycles. The van der Waals surface area contributed by atoms with Gasteiger partial charge in [-0.3, -0.25) is 14.5 Å². The first kappa shape index (κ1) is 19.7. The molecule has 0 spiro atoms. The maximum Gasteiger partial charge on any atom is 0.321 e. The van der Waals surface area contributed by atoms with E-state index in [0.29, 0.717) is 31.7 Å². The molecule has 0 radical (unpaired) electrons. The molecule has 2 unspecified atom stereocenters. The monoisotopic (exact) mass is 399 g/mol. The second-order valence-electron chi connectivity index (χ2n) is 8.08. The molecule has 0 saturated carbocycles. The minimum atomic E-state index is -0.0993. The van der Waals surface area contributed by atoms with E-state index >= 15 is 0 Å². The van der Waals surface area contributed by atoms with Crippen LogP contribution in [0.1, 0.15) is 36.0 Å². The number of nitrogens with one attached hydrogen (secondary N) is 3. The molecule has 1 aromatic rings. The van der Waals surface area contributed by atoms with Gasteiger partial charge in [0.2, 0.25) is 5.91 Å². The molecule has 0 aromatic heterocycles. The number of likely N-dealkylation sites (tertiary alicyclic amines) is 1. The fourth-order valence-electron chi connectivity index (χ4n) is 4.38. The van der Waals surface area contributed by atoms with Gasteiger partial charge in [-0.15, -0.1) is 0 Å². The van der Waals surface area contributed by atoms with Crippen LogP contribution in [0.5, 0.6) is 0 Å². The lowest BCUT2D eigenvalue weighted by Crippen LogP contribution is -2.46. The van der Waals surface area contributed by atoms with Crippen molar-refractivity contribution in [3.63, 3.8) is 0 Å². The molecule has 4 rings (SSSR count). The smallest absolute Gasteiger partial charge is 0.321 e. The highest BCUT2D eigenvalue weighted by Gasteiger charge is 2.27. The van der Waals surface area contributed by atoms with Crippen LogP contribution in [-0.2, 0) is 4.79 Å². The molecule has 4 amide bonds. The molecule has 3 aliphatic rings. The highest BCUT2D eigenvalue weighted by molar-refractivity contribution is 5.97. The summed E-state index contributed by atoms with van der Waals surface area (Å²) in [7, 11) is 0. The van der Waals surface area contributed by atoms with Crippen molar-refractivity contribution in [1.82, 2.24) is 20.9 Å². The van der Waals surface area contributed by atoms with Crippen molar-refractivity contribution >= 4 is 23.5 Å². The average Bonchev–Trinajstić information content (AvgIpc) is 3.44. The molecule has 3 fully saturated rings. The first-order chi connectivity index (χ1) is 14.1. The van der Waals surface area contributed by atoms with Crippen molar-refractivity contribution in [2.45, 2.75) is 31.7 Å². The summed E-state index contributed by atoms with van der Waals surface area (Å²) in [6.45, 7) is 4.20.